The van der Waals surface area contributed by atoms with Gasteiger partial charge in [-0.15, -0.1) is 0 Å². The van der Waals surface area contributed by atoms with Crippen molar-refractivity contribution in [3.63, 3.8) is 0 Å². The van der Waals surface area contributed by atoms with Crippen LogP contribution in [0.1, 0.15) is 11.4 Å². The van der Waals surface area contributed by atoms with Crippen molar-refractivity contribution >= 4 is 16.4 Å². The molecule has 0 bridgehead atoms. The van der Waals surface area contributed by atoms with E-state index in [1.807, 2.05) is 0 Å². The average Bonchev–Trinajstić information content (AvgIpc) is 2.43. The molecule has 0 aliphatic heterocycles. The average molecular weight is 215 g/mol. The van der Waals surface area contributed by atoms with E-state index in [0.29, 0.717) is 0 Å². The van der Waals surface area contributed by atoms with Crippen LogP contribution in [0.5, 0.6) is 0 Å². The summed E-state index contributed by atoms with van der Waals surface area (Å²) < 4.78 is 33.6. The minimum absolute atomic E-state index is 0.237. The number of nitrogens with one attached hydrogen (secondary N) is 2. The van der Waals surface area contributed by atoms with Gasteiger partial charge in [0.15, 0.2) is 11.4 Å². The van der Waals surface area contributed by atoms with Gasteiger partial charge in [-0.25, -0.2) is 4.72 Å². The van der Waals surface area contributed by atoms with Crippen molar-refractivity contribution in [3.05, 3.63) is 11.4 Å². The molecule has 0 aliphatic rings. The molecule has 7 nitrogen and oxygen atoms in total. The quantitative estimate of drug-likeness (QED) is 0.660. The Hall–Kier alpha value is -2.13. The number of nitriles is 2. The largest absolute Gasteiger partial charge is 0.399 e. The maximum atomic E-state index is 12.1. The molecular weight excluding hydrogens is 213 g/mol. The Bertz CT molecular complexity index is 502. The van der Waals surface area contributed by atoms with E-state index in [4.69, 9.17) is 10.5 Å². The Morgan fingerprint density at radius 3 is 2.43 bits per heavy atom. The number of aromatic nitrogens is 2. The number of imidazole rings is 1. The molecule has 0 saturated carbocycles. The van der Waals surface area contributed by atoms with Crippen LogP contribution in [0.3, 0.4) is 0 Å². The Morgan fingerprint density at radius 2 is 2.07 bits per heavy atom. The highest BCUT2D eigenvalue weighted by Crippen LogP contribution is 2.09. The molecule has 0 atom stereocenters. The number of H-pyrrole nitrogens is 1. The lowest BCUT2D eigenvalue weighted by Gasteiger charge is -1.92. The number of rotatable bonds is 2. The number of aromatic amines is 1. The maximum absolute atomic E-state index is 12.1. The van der Waals surface area contributed by atoms with Gasteiger partial charge in [0.2, 0.25) is 5.95 Å². The first-order valence-electron chi connectivity index (χ1n) is 3.09. The minimum atomic E-state index is -4.96. The van der Waals surface area contributed by atoms with Gasteiger partial charge in [0, 0.05) is 0 Å². The molecule has 0 unspecified atom stereocenters. The molecule has 9 heteroatoms. The fourth-order valence-electron chi connectivity index (χ4n) is 0.699. The zero-order valence-electron chi connectivity index (χ0n) is 6.44. The first-order valence-corrected chi connectivity index (χ1v) is 4.47. The smallest absolute Gasteiger partial charge is 0.314 e. The van der Waals surface area contributed by atoms with Crippen molar-refractivity contribution < 1.29 is 12.3 Å². The molecule has 72 valence electrons. The summed E-state index contributed by atoms with van der Waals surface area (Å²) in [4.78, 5) is 5.43. The van der Waals surface area contributed by atoms with Crippen LogP contribution < -0.4 is 4.72 Å². The maximum Gasteiger partial charge on any atom is 0.399 e. The zero-order chi connectivity index (χ0) is 10.8. The third-order valence-corrected chi connectivity index (χ3v) is 1.58. The van der Waals surface area contributed by atoms with Gasteiger partial charge in [0.1, 0.15) is 12.1 Å². The van der Waals surface area contributed by atoms with Crippen LogP contribution in [-0.2, 0) is 10.4 Å². The molecule has 0 spiro atoms. The predicted octanol–water partition coefficient (Wildman–Crippen LogP) is -0.221. The van der Waals surface area contributed by atoms with E-state index in [1.54, 1.807) is 6.07 Å². The van der Waals surface area contributed by atoms with Crippen molar-refractivity contribution in [1.29, 1.82) is 10.5 Å². The van der Waals surface area contributed by atoms with Gasteiger partial charge in [0.05, 0.1) is 0 Å². The van der Waals surface area contributed by atoms with Crippen LogP contribution >= 0.6 is 0 Å². The Labute approximate surface area is 78.1 Å². The molecule has 1 heterocycles. The van der Waals surface area contributed by atoms with Gasteiger partial charge < -0.3 is 4.98 Å². The van der Waals surface area contributed by atoms with Gasteiger partial charge in [0.25, 0.3) is 0 Å². The summed E-state index contributed by atoms with van der Waals surface area (Å²) in [6, 6.07) is 3.09. The molecule has 0 amide bonds. The summed E-state index contributed by atoms with van der Waals surface area (Å²) in [7, 11) is -4.96. The first kappa shape index (κ1) is 9.95. The van der Waals surface area contributed by atoms with Crippen LogP contribution in [0.2, 0.25) is 0 Å². The Morgan fingerprint density at radius 1 is 1.43 bits per heavy atom. The molecule has 0 fully saturated rings. The Balaban J connectivity index is 3.11. The topological polar surface area (TPSA) is 122 Å². The van der Waals surface area contributed by atoms with E-state index in [-0.39, 0.29) is 11.4 Å². The van der Waals surface area contributed by atoms with Gasteiger partial charge in [-0.1, -0.05) is 3.89 Å². The van der Waals surface area contributed by atoms with Crippen molar-refractivity contribution in [2.75, 3.05) is 4.72 Å². The fourth-order valence-corrected chi connectivity index (χ4v) is 1.03. The van der Waals surface area contributed by atoms with E-state index in [9.17, 15) is 12.3 Å². The lowest BCUT2D eigenvalue weighted by atomic mass is 10.4. The highest BCUT2D eigenvalue weighted by atomic mass is 32.3. The normalized spacial score (nSPS) is 10.2. The lowest BCUT2D eigenvalue weighted by Crippen LogP contribution is -2.06. The third kappa shape index (κ3) is 2.18. The number of hydrogen-bond donors (Lipinski definition) is 2. The fraction of sp³-hybridized carbons (Fsp3) is 0. The summed E-state index contributed by atoms with van der Waals surface area (Å²) in [5, 5.41) is 16.8. The van der Waals surface area contributed by atoms with Crippen LogP contribution in [0, 0.1) is 22.7 Å². The molecule has 1 aromatic heterocycles. The highest BCUT2D eigenvalue weighted by Gasteiger charge is 2.13. The van der Waals surface area contributed by atoms with Crippen LogP contribution in [0.25, 0.3) is 0 Å². The molecule has 0 saturated heterocycles. The van der Waals surface area contributed by atoms with Gasteiger partial charge >= 0.3 is 10.4 Å². The minimum Gasteiger partial charge on any atom is -0.314 e. The summed E-state index contributed by atoms with van der Waals surface area (Å²) in [5.41, 5.74) is -0.544. The molecule has 1 rings (SSSR count). The predicted molar refractivity (Wildman–Crippen MR) is 41.7 cm³/mol. The van der Waals surface area contributed by atoms with E-state index >= 15 is 0 Å². The standard InChI is InChI=1S/C5H2FN5O2S/c6-14(12,13)11-5-9-3(1-7)4(2-8)10-5/h(H2,9,10,11). The van der Waals surface area contributed by atoms with Crippen molar-refractivity contribution in [2.45, 2.75) is 0 Å². The Kier molecular flexibility index (Phi) is 2.36. The van der Waals surface area contributed by atoms with Crippen molar-refractivity contribution in [3.8, 4) is 12.1 Å². The van der Waals surface area contributed by atoms with E-state index < -0.39 is 16.4 Å². The number of hydrogen-bond acceptors (Lipinski definition) is 5. The highest BCUT2D eigenvalue weighted by molar-refractivity contribution is 7.87. The van der Waals surface area contributed by atoms with Crippen LogP contribution in [0.15, 0.2) is 0 Å². The zero-order valence-corrected chi connectivity index (χ0v) is 7.26. The summed E-state index contributed by atoms with van der Waals surface area (Å²) in [6.45, 7) is 0. The summed E-state index contributed by atoms with van der Waals surface area (Å²) >= 11 is 0. The van der Waals surface area contributed by atoms with Crippen molar-refractivity contribution in [1.82, 2.24) is 9.97 Å². The molecular formula is C5H2FN5O2S. The number of anilines is 1. The van der Waals surface area contributed by atoms with Gasteiger partial charge in [-0.05, 0) is 0 Å². The molecule has 0 radical (unpaired) electrons. The van der Waals surface area contributed by atoms with E-state index in [2.05, 4.69) is 9.97 Å². The summed E-state index contributed by atoms with van der Waals surface area (Å²) in [6.07, 6.45) is 0. The molecule has 0 aromatic carbocycles. The second-order valence-corrected chi connectivity index (χ2v) is 3.15. The second-order valence-electron chi connectivity index (χ2n) is 2.07. The van der Waals surface area contributed by atoms with Crippen LogP contribution in [0.4, 0.5) is 9.83 Å². The van der Waals surface area contributed by atoms with Gasteiger partial charge in [-0.2, -0.15) is 23.9 Å². The molecule has 2 N–H and O–H groups in total. The lowest BCUT2D eigenvalue weighted by molar-refractivity contribution is 0.558. The molecule has 0 aliphatic carbocycles. The number of halogens is 1. The molecule has 1 aromatic rings. The van der Waals surface area contributed by atoms with Gasteiger partial charge in [-0.3, -0.25) is 0 Å². The number of nitrogens with zero attached hydrogens (tertiary/aromatic N) is 3. The summed E-state index contributed by atoms with van der Waals surface area (Å²) in [5.74, 6) is -0.513. The van der Waals surface area contributed by atoms with Crippen molar-refractivity contribution in [2.24, 2.45) is 0 Å². The monoisotopic (exact) mass is 215 g/mol. The second kappa shape index (κ2) is 3.32. The van der Waals surface area contributed by atoms with E-state index in [0.717, 1.165) is 0 Å². The first-order chi connectivity index (χ1) is 6.46. The third-order valence-electron chi connectivity index (χ3n) is 1.14. The van der Waals surface area contributed by atoms with Crippen LogP contribution in [-0.4, -0.2) is 18.4 Å². The SMILES string of the molecule is N#Cc1nc(NS(=O)(=O)F)[nH]c1C#N. The molecule has 14 heavy (non-hydrogen) atoms. The van der Waals surface area contributed by atoms with E-state index in [1.165, 1.54) is 10.8 Å².